The highest BCUT2D eigenvalue weighted by Crippen LogP contribution is 2.16. The number of amides is 1. The summed E-state index contributed by atoms with van der Waals surface area (Å²) in [7, 11) is 0. The van der Waals surface area contributed by atoms with E-state index in [-0.39, 0.29) is 24.5 Å². The van der Waals surface area contributed by atoms with Crippen molar-refractivity contribution in [3.05, 3.63) is 99.6 Å². The first kappa shape index (κ1) is 21.6. The first-order valence-corrected chi connectivity index (χ1v) is 11.2. The van der Waals surface area contributed by atoms with Gasteiger partial charge in [0, 0.05) is 50.5 Å². The van der Waals surface area contributed by atoms with Crippen molar-refractivity contribution in [2.75, 3.05) is 31.1 Å². The van der Waals surface area contributed by atoms with E-state index in [9.17, 15) is 14.4 Å². The summed E-state index contributed by atoms with van der Waals surface area (Å²) >= 11 is 0. The molecule has 5 rings (SSSR count). The van der Waals surface area contributed by atoms with E-state index in [1.807, 2.05) is 18.2 Å². The molecule has 0 saturated carbocycles. The number of piperazine rings is 1. The number of pyridine rings is 2. The third-order valence-electron chi connectivity index (χ3n) is 6.12. The van der Waals surface area contributed by atoms with Gasteiger partial charge in [0.2, 0.25) is 5.91 Å². The lowest BCUT2D eigenvalue weighted by atomic mass is 10.2. The lowest BCUT2D eigenvalue weighted by Crippen LogP contribution is -2.51. The van der Waals surface area contributed by atoms with Crippen molar-refractivity contribution in [2.24, 2.45) is 0 Å². The highest BCUT2D eigenvalue weighted by molar-refractivity contribution is 5.80. The summed E-state index contributed by atoms with van der Waals surface area (Å²) in [6, 6.07) is 16.9. The number of hydrogen-bond donors (Lipinski definition) is 0. The molecular formula is C25H24N6O3. The van der Waals surface area contributed by atoms with Crippen LogP contribution in [0, 0.1) is 0 Å². The van der Waals surface area contributed by atoms with E-state index in [1.165, 1.54) is 10.8 Å². The molecule has 1 aliphatic rings. The molecule has 1 aromatic carbocycles. The lowest BCUT2D eigenvalue weighted by molar-refractivity contribution is -0.132. The van der Waals surface area contributed by atoms with Gasteiger partial charge in [-0.05, 0) is 42.0 Å². The monoisotopic (exact) mass is 456 g/mol. The molecule has 0 unspecified atom stereocenters. The van der Waals surface area contributed by atoms with Crippen LogP contribution in [0.5, 0.6) is 0 Å². The maximum atomic E-state index is 13.4. The van der Waals surface area contributed by atoms with Gasteiger partial charge in [-0.1, -0.05) is 18.2 Å². The normalized spacial score (nSPS) is 13.9. The molecule has 1 fully saturated rings. The standard InChI is InChI=1S/C25H24N6O3/c32-22(29-15-13-28(14-16-29)20-5-2-1-3-6-20)18-30-21-7-4-10-27-23(21)24(33)31(25(30)34)17-19-8-11-26-12-9-19/h1-12H,13-18H2. The molecule has 172 valence electrons. The summed E-state index contributed by atoms with van der Waals surface area (Å²) in [5.74, 6) is -0.158. The zero-order chi connectivity index (χ0) is 23.5. The molecule has 0 N–H and O–H groups in total. The number of rotatable bonds is 5. The second kappa shape index (κ2) is 9.30. The van der Waals surface area contributed by atoms with Crippen LogP contribution in [-0.2, 0) is 17.9 Å². The topological polar surface area (TPSA) is 93.3 Å². The molecule has 4 aromatic rings. The van der Waals surface area contributed by atoms with Crippen LogP contribution >= 0.6 is 0 Å². The molecule has 0 atom stereocenters. The summed E-state index contributed by atoms with van der Waals surface area (Å²) in [6.45, 7) is 2.49. The Kier molecular flexibility index (Phi) is 5.90. The van der Waals surface area contributed by atoms with Crippen molar-refractivity contribution in [1.29, 1.82) is 0 Å². The Balaban J connectivity index is 1.42. The smallest absolute Gasteiger partial charge is 0.332 e. The van der Waals surface area contributed by atoms with Gasteiger partial charge >= 0.3 is 5.69 Å². The van der Waals surface area contributed by atoms with Crippen LogP contribution in [0.25, 0.3) is 11.0 Å². The zero-order valence-corrected chi connectivity index (χ0v) is 18.6. The molecule has 1 aliphatic heterocycles. The minimum atomic E-state index is -0.529. The van der Waals surface area contributed by atoms with E-state index in [4.69, 9.17) is 0 Å². The van der Waals surface area contributed by atoms with Crippen molar-refractivity contribution >= 4 is 22.6 Å². The van der Waals surface area contributed by atoms with E-state index in [2.05, 4.69) is 27.0 Å². The number of hydrogen-bond acceptors (Lipinski definition) is 6. The quantitative estimate of drug-likeness (QED) is 0.450. The number of carbonyl (C=O) groups excluding carboxylic acids is 1. The Morgan fingerprint density at radius 2 is 1.56 bits per heavy atom. The van der Waals surface area contributed by atoms with Gasteiger partial charge in [-0.15, -0.1) is 0 Å². The van der Waals surface area contributed by atoms with Crippen molar-refractivity contribution in [3.8, 4) is 0 Å². The molecule has 34 heavy (non-hydrogen) atoms. The Bertz CT molecular complexity index is 1420. The Labute approximate surface area is 195 Å². The Hall–Kier alpha value is -4.27. The molecule has 0 radical (unpaired) electrons. The van der Waals surface area contributed by atoms with Crippen LogP contribution in [0.1, 0.15) is 5.56 Å². The third-order valence-corrected chi connectivity index (χ3v) is 6.12. The fourth-order valence-electron chi connectivity index (χ4n) is 4.29. The number of anilines is 1. The van der Waals surface area contributed by atoms with E-state index < -0.39 is 11.2 Å². The first-order valence-electron chi connectivity index (χ1n) is 11.2. The van der Waals surface area contributed by atoms with Crippen LogP contribution in [0.4, 0.5) is 5.69 Å². The number of benzene rings is 1. The highest BCUT2D eigenvalue weighted by Gasteiger charge is 2.23. The van der Waals surface area contributed by atoms with Crippen LogP contribution < -0.4 is 16.1 Å². The van der Waals surface area contributed by atoms with Gasteiger partial charge in [0.15, 0.2) is 5.52 Å². The molecule has 3 aromatic heterocycles. The summed E-state index contributed by atoms with van der Waals surface area (Å²) in [6.07, 6.45) is 4.73. The summed E-state index contributed by atoms with van der Waals surface area (Å²) in [5.41, 5.74) is 1.42. The van der Waals surface area contributed by atoms with Crippen molar-refractivity contribution in [3.63, 3.8) is 0 Å². The van der Waals surface area contributed by atoms with Crippen LogP contribution in [0.15, 0.2) is 82.8 Å². The number of nitrogens with zero attached hydrogens (tertiary/aromatic N) is 6. The molecule has 9 nitrogen and oxygen atoms in total. The van der Waals surface area contributed by atoms with E-state index >= 15 is 0 Å². The van der Waals surface area contributed by atoms with Gasteiger partial charge in [0.25, 0.3) is 5.56 Å². The second-order valence-corrected chi connectivity index (χ2v) is 8.19. The maximum absolute atomic E-state index is 13.4. The van der Waals surface area contributed by atoms with Crippen molar-refractivity contribution in [1.82, 2.24) is 24.0 Å². The van der Waals surface area contributed by atoms with E-state index in [1.54, 1.807) is 41.6 Å². The lowest BCUT2D eigenvalue weighted by Gasteiger charge is -2.36. The summed E-state index contributed by atoms with van der Waals surface area (Å²) < 4.78 is 2.49. The number of para-hydroxylation sites is 1. The molecule has 1 amide bonds. The molecule has 0 aliphatic carbocycles. The Morgan fingerprint density at radius 1 is 0.824 bits per heavy atom. The number of aromatic nitrogens is 4. The second-order valence-electron chi connectivity index (χ2n) is 8.19. The first-order chi connectivity index (χ1) is 16.6. The minimum Gasteiger partial charge on any atom is -0.368 e. The van der Waals surface area contributed by atoms with Crippen molar-refractivity contribution < 1.29 is 4.79 Å². The van der Waals surface area contributed by atoms with Gasteiger partial charge in [-0.25, -0.2) is 9.78 Å². The largest absolute Gasteiger partial charge is 0.368 e. The highest BCUT2D eigenvalue weighted by atomic mass is 16.2. The molecule has 1 saturated heterocycles. The van der Waals surface area contributed by atoms with Gasteiger partial charge in [-0.2, -0.15) is 0 Å². The van der Waals surface area contributed by atoms with Gasteiger partial charge in [0.05, 0.1) is 12.1 Å². The minimum absolute atomic E-state index is 0.0800. The molecular weight excluding hydrogens is 432 g/mol. The van der Waals surface area contributed by atoms with Crippen LogP contribution in [-0.4, -0.2) is 56.1 Å². The van der Waals surface area contributed by atoms with Crippen molar-refractivity contribution in [2.45, 2.75) is 13.1 Å². The number of fused-ring (bicyclic) bond motifs is 1. The predicted octanol–water partition coefficient (Wildman–Crippen LogP) is 1.35. The van der Waals surface area contributed by atoms with E-state index in [0.29, 0.717) is 31.7 Å². The van der Waals surface area contributed by atoms with Gasteiger partial charge in [0.1, 0.15) is 6.54 Å². The zero-order valence-electron chi connectivity index (χ0n) is 18.6. The average Bonchev–Trinajstić information content (AvgIpc) is 2.90. The maximum Gasteiger partial charge on any atom is 0.332 e. The summed E-state index contributed by atoms with van der Waals surface area (Å²) in [5, 5.41) is 0. The van der Waals surface area contributed by atoms with Gasteiger partial charge in [-0.3, -0.25) is 23.7 Å². The molecule has 0 spiro atoms. The fraction of sp³-hybridized carbons (Fsp3) is 0.240. The molecule has 0 bridgehead atoms. The predicted molar refractivity (Wildman–Crippen MR) is 129 cm³/mol. The SMILES string of the molecule is O=C(Cn1c(=O)n(Cc2ccncc2)c(=O)c2ncccc21)N1CCN(c2ccccc2)CC1. The molecule has 4 heterocycles. The van der Waals surface area contributed by atoms with Crippen LogP contribution in [0.3, 0.4) is 0 Å². The third kappa shape index (κ3) is 4.19. The van der Waals surface area contributed by atoms with Crippen LogP contribution in [0.2, 0.25) is 0 Å². The van der Waals surface area contributed by atoms with Gasteiger partial charge < -0.3 is 9.80 Å². The average molecular weight is 457 g/mol. The summed E-state index contributed by atoms with van der Waals surface area (Å²) in [4.78, 5) is 51.8. The molecule has 9 heteroatoms. The Morgan fingerprint density at radius 3 is 2.29 bits per heavy atom. The number of carbonyl (C=O) groups is 1. The van der Waals surface area contributed by atoms with E-state index in [0.717, 1.165) is 15.8 Å². The fourth-order valence-corrected chi connectivity index (χ4v) is 4.29.